The highest BCUT2D eigenvalue weighted by Crippen LogP contribution is 2.34. The van der Waals surface area contributed by atoms with Crippen molar-refractivity contribution in [2.24, 2.45) is 12.8 Å². The number of nitrogens with two attached hydrogens (primary N) is 1. The number of nitrogens with one attached hydrogen (secondary N) is 1. The van der Waals surface area contributed by atoms with Crippen LogP contribution in [0.2, 0.25) is 0 Å². The predicted molar refractivity (Wildman–Crippen MR) is 119 cm³/mol. The first-order valence-corrected chi connectivity index (χ1v) is 10.1. The van der Waals surface area contributed by atoms with Crippen molar-refractivity contribution < 1.29 is 18.3 Å². The summed E-state index contributed by atoms with van der Waals surface area (Å²) in [6.07, 6.45) is 4.07. The van der Waals surface area contributed by atoms with Crippen LogP contribution in [0.25, 0.3) is 22.0 Å². The highest BCUT2D eigenvalue weighted by molar-refractivity contribution is 6.07. The first kappa shape index (κ1) is 22.3. The quantitative estimate of drug-likeness (QED) is 0.442. The second-order valence-corrected chi connectivity index (χ2v) is 7.63. The fourth-order valence-corrected chi connectivity index (χ4v) is 3.65. The van der Waals surface area contributed by atoms with Gasteiger partial charge in [0.2, 0.25) is 0 Å². The molecule has 4 rings (SSSR count). The zero-order valence-corrected chi connectivity index (χ0v) is 18.3. The normalized spacial score (nSPS) is 12.2. The van der Waals surface area contributed by atoms with Crippen molar-refractivity contribution in [1.29, 1.82) is 0 Å². The molecule has 1 amide bonds. The lowest BCUT2D eigenvalue weighted by molar-refractivity contribution is 0.100. The van der Waals surface area contributed by atoms with Crippen LogP contribution in [0, 0.1) is 11.6 Å². The van der Waals surface area contributed by atoms with E-state index in [1.165, 1.54) is 23.1 Å². The Morgan fingerprint density at radius 2 is 2.00 bits per heavy atom. The highest BCUT2D eigenvalue weighted by Gasteiger charge is 2.21. The SMILES string of the molecule is COCc1ccc(-c2cc3c(N[C@@H](C)c4nn(C)cc4F)c(C(N)=O)cnc3cc2F)cn1. The Morgan fingerprint density at radius 3 is 2.61 bits per heavy atom. The third-order valence-corrected chi connectivity index (χ3v) is 5.23. The number of hydrogen-bond donors (Lipinski definition) is 2. The number of primary amides is 1. The molecule has 3 heterocycles. The van der Waals surface area contributed by atoms with E-state index in [-0.39, 0.29) is 16.8 Å². The second-order valence-electron chi connectivity index (χ2n) is 7.63. The highest BCUT2D eigenvalue weighted by atomic mass is 19.1. The average Bonchev–Trinajstić information content (AvgIpc) is 3.12. The van der Waals surface area contributed by atoms with Gasteiger partial charge in [-0.25, -0.2) is 8.78 Å². The van der Waals surface area contributed by atoms with Crippen molar-refractivity contribution in [2.45, 2.75) is 19.6 Å². The number of anilines is 1. The fraction of sp³-hybridized carbons (Fsp3) is 0.217. The standard InChI is InChI=1S/C23H22F2N6O2/c1-12(21-19(25)10-31(2)30-21)29-22-16-6-15(13-4-5-14(11-33-3)27-8-13)18(24)7-20(16)28-9-17(22)23(26)32/h4-10,12H,11H2,1-3H3,(H2,26,32)(H,28,29)/t12-/m0/s1. The van der Waals surface area contributed by atoms with Gasteiger partial charge in [0.25, 0.3) is 5.91 Å². The molecule has 1 atom stereocenters. The van der Waals surface area contributed by atoms with Crippen LogP contribution < -0.4 is 11.1 Å². The Labute approximate surface area is 188 Å². The van der Waals surface area contributed by atoms with E-state index in [1.54, 1.807) is 45.5 Å². The maximum Gasteiger partial charge on any atom is 0.252 e. The summed E-state index contributed by atoms with van der Waals surface area (Å²) < 4.78 is 35.6. The molecule has 33 heavy (non-hydrogen) atoms. The number of carbonyl (C=O) groups excluding carboxylic acids is 1. The number of carbonyl (C=O) groups is 1. The van der Waals surface area contributed by atoms with Crippen molar-refractivity contribution in [3.8, 4) is 11.1 Å². The van der Waals surface area contributed by atoms with Crippen LogP contribution >= 0.6 is 0 Å². The first-order valence-electron chi connectivity index (χ1n) is 10.1. The predicted octanol–water partition coefficient (Wildman–Crippen LogP) is 3.73. The zero-order chi connectivity index (χ0) is 23.7. The number of rotatable bonds is 7. The number of benzene rings is 1. The minimum Gasteiger partial charge on any atom is -0.378 e. The molecule has 10 heteroatoms. The third-order valence-electron chi connectivity index (χ3n) is 5.23. The van der Waals surface area contributed by atoms with Crippen LogP contribution in [-0.2, 0) is 18.4 Å². The van der Waals surface area contributed by atoms with Crippen LogP contribution in [0.3, 0.4) is 0 Å². The van der Waals surface area contributed by atoms with E-state index in [0.717, 1.165) is 0 Å². The number of aryl methyl sites for hydroxylation is 1. The molecule has 3 N–H and O–H groups in total. The maximum atomic E-state index is 15.0. The Morgan fingerprint density at radius 1 is 1.21 bits per heavy atom. The summed E-state index contributed by atoms with van der Waals surface area (Å²) >= 11 is 0. The van der Waals surface area contributed by atoms with E-state index in [0.29, 0.717) is 34.5 Å². The van der Waals surface area contributed by atoms with Crippen LogP contribution in [0.4, 0.5) is 14.5 Å². The summed E-state index contributed by atoms with van der Waals surface area (Å²) in [6.45, 7) is 2.04. The van der Waals surface area contributed by atoms with Crippen LogP contribution in [0.15, 0.2) is 42.9 Å². The smallest absolute Gasteiger partial charge is 0.252 e. The molecule has 0 spiro atoms. The molecular formula is C23H22F2N6O2. The molecule has 0 fully saturated rings. The summed E-state index contributed by atoms with van der Waals surface area (Å²) in [4.78, 5) is 20.6. The molecule has 1 aromatic carbocycles. The Kier molecular flexibility index (Phi) is 6.01. The number of halogens is 2. The molecule has 170 valence electrons. The molecule has 0 aliphatic heterocycles. The molecule has 3 aromatic heterocycles. The topological polar surface area (TPSA) is 108 Å². The molecule has 0 unspecified atom stereocenters. The van der Waals surface area contributed by atoms with Crippen molar-refractivity contribution in [2.75, 3.05) is 12.4 Å². The van der Waals surface area contributed by atoms with Gasteiger partial charge in [-0.1, -0.05) is 6.07 Å². The number of hydrogen-bond acceptors (Lipinski definition) is 6. The summed E-state index contributed by atoms with van der Waals surface area (Å²) in [6, 6.07) is 5.71. The molecule has 0 aliphatic carbocycles. The van der Waals surface area contributed by atoms with Gasteiger partial charge in [-0.2, -0.15) is 5.10 Å². The van der Waals surface area contributed by atoms with E-state index in [1.807, 2.05) is 0 Å². The lowest BCUT2D eigenvalue weighted by Crippen LogP contribution is -2.17. The van der Waals surface area contributed by atoms with Gasteiger partial charge < -0.3 is 15.8 Å². The van der Waals surface area contributed by atoms with E-state index < -0.39 is 23.6 Å². The largest absolute Gasteiger partial charge is 0.378 e. The first-order chi connectivity index (χ1) is 15.8. The minimum absolute atomic E-state index is 0.0943. The molecule has 0 bridgehead atoms. The molecule has 0 radical (unpaired) electrons. The molecule has 8 nitrogen and oxygen atoms in total. The Hall–Kier alpha value is -3.92. The van der Waals surface area contributed by atoms with Crippen molar-refractivity contribution >= 4 is 22.5 Å². The third kappa shape index (κ3) is 4.37. The van der Waals surface area contributed by atoms with Gasteiger partial charge in [-0.15, -0.1) is 0 Å². The van der Waals surface area contributed by atoms with Gasteiger partial charge in [0.1, 0.15) is 11.5 Å². The van der Waals surface area contributed by atoms with Gasteiger partial charge in [-0.3, -0.25) is 19.4 Å². The van der Waals surface area contributed by atoms with Crippen LogP contribution in [0.1, 0.15) is 34.7 Å². The number of methoxy groups -OCH3 is 1. The molecule has 0 saturated carbocycles. The van der Waals surface area contributed by atoms with E-state index >= 15 is 0 Å². The second kappa shape index (κ2) is 8.91. The Balaban J connectivity index is 1.84. The molecule has 4 aromatic rings. The number of ether oxygens (including phenoxy) is 1. The number of nitrogens with zero attached hydrogens (tertiary/aromatic N) is 4. The van der Waals surface area contributed by atoms with Gasteiger partial charge in [0, 0.05) is 49.1 Å². The van der Waals surface area contributed by atoms with E-state index in [4.69, 9.17) is 10.5 Å². The number of aromatic nitrogens is 4. The van der Waals surface area contributed by atoms with Crippen molar-refractivity contribution in [1.82, 2.24) is 19.7 Å². The summed E-state index contributed by atoms with van der Waals surface area (Å²) in [5, 5.41) is 7.70. The van der Waals surface area contributed by atoms with Gasteiger partial charge >= 0.3 is 0 Å². The summed E-state index contributed by atoms with van der Waals surface area (Å²) in [7, 11) is 3.17. The van der Waals surface area contributed by atoms with Crippen LogP contribution in [0.5, 0.6) is 0 Å². The minimum atomic E-state index is -0.725. The van der Waals surface area contributed by atoms with Gasteiger partial charge in [0.15, 0.2) is 5.82 Å². The number of pyridine rings is 2. The van der Waals surface area contributed by atoms with E-state index in [9.17, 15) is 13.6 Å². The monoisotopic (exact) mass is 452 g/mol. The fourth-order valence-electron chi connectivity index (χ4n) is 3.65. The lowest BCUT2D eigenvalue weighted by atomic mass is 10.0. The lowest BCUT2D eigenvalue weighted by Gasteiger charge is -2.18. The van der Waals surface area contributed by atoms with Crippen LogP contribution in [-0.4, -0.2) is 32.8 Å². The Bertz CT molecular complexity index is 1340. The zero-order valence-electron chi connectivity index (χ0n) is 18.3. The van der Waals surface area contributed by atoms with E-state index in [2.05, 4.69) is 20.4 Å². The average molecular weight is 452 g/mol. The number of fused-ring (bicyclic) bond motifs is 1. The molecule has 0 saturated heterocycles. The number of amides is 1. The van der Waals surface area contributed by atoms with Gasteiger partial charge in [0.05, 0.1) is 41.3 Å². The summed E-state index contributed by atoms with van der Waals surface area (Å²) in [5.74, 6) is -1.72. The molecular weight excluding hydrogens is 430 g/mol. The van der Waals surface area contributed by atoms with Crippen molar-refractivity contribution in [3.05, 3.63) is 71.4 Å². The van der Waals surface area contributed by atoms with Gasteiger partial charge in [-0.05, 0) is 19.1 Å². The summed E-state index contributed by atoms with van der Waals surface area (Å²) in [5.41, 5.74) is 7.95. The molecule has 0 aliphatic rings. The van der Waals surface area contributed by atoms with Crippen molar-refractivity contribution in [3.63, 3.8) is 0 Å². The maximum absolute atomic E-state index is 15.0.